The third kappa shape index (κ3) is 3.27. The van der Waals surface area contributed by atoms with Gasteiger partial charge >= 0.3 is 0 Å². The number of rotatable bonds is 3. The molecule has 2 aromatic rings. The van der Waals surface area contributed by atoms with Crippen LogP contribution >= 0.6 is 11.3 Å². The van der Waals surface area contributed by atoms with Crippen molar-refractivity contribution in [2.75, 3.05) is 13.1 Å². The second kappa shape index (κ2) is 6.75. The SMILES string of the molecule is Cc1ccc(F)c(C(=O)N2C[C@@H]3C[C@H]2CN3C(=O)Cc2sc(C)cc2C)c1. The second-order valence-corrected chi connectivity index (χ2v) is 9.01. The number of fused-ring (bicyclic) bond motifs is 2. The molecule has 1 aromatic heterocycles. The van der Waals surface area contributed by atoms with Crippen LogP contribution in [0.3, 0.4) is 0 Å². The smallest absolute Gasteiger partial charge is 0.257 e. The molecule has 4 nitrogen and oxygen atoms in total. The highest BCUT2D eigenvalue weighted by Gasteiger charge is 2.47. The number of nitrogens with zero attached hydrogens (tertiary/aromatic N) is 2. The minimum absolute atomic E-state index is 0.0162. The Morgan fingerprint density at radius 2 is 1.81 bits per heavy atom. The largest absolute Gasteiger partial charge is 0.335 e. The third-order valence-corrected chi connectivity index (χ3v) is 6.78. The quantitative estimate of drug-likeness (QED) is 0.810. The fourth-order valence-corrected chi connectivity index (χ4v) is 5.32. The van der Waals surface area contributed by atoms with Crippen molar-refractivity contribution in [3.05, 3.63) is 56.5 Å². The van der Waals surface area contributed by atoms with Crippen LogP contribution in [0.5, 0.6) is 0 Å². The van der Waals surface area contributed by atoms with Crippen LogP contribution in [0.15, 0.2) is 24.3 Å². The number of aryl methyl sites for hydroxylation is 3. The Morgan fingerprint density at radius 1 is 1.11 bits per heavy atom. The monoisotopic (exact) mass is 386 g/mol. The van der Waals surface area contributed by atoms with E-state index in [0.717, 1.165) is 16.9 Å². The Labute approximate surface area is 162 Å². The average molecular weight is 386 g/mol. The van der Waals surface area contributed by atoms with Crippen LogP contribution in [0.25, 0.3) is 0 Å². The summed E-state index contributed by atoms with van der Waals surface area (Å²) in [5, 5.41) is 0. The Morgan fingerprint density at radius 3 is 2.44 bits per heavy atom. The van der Waals surface area contributed by atoms with E-state index in [1.807, 2.05) is 18.7 Å². The molecule has 2 saturated heterocycles. The van der Waals surface area contributed by atoms with E-state index >= 15 is 0 Å². The maximum Gasteiger partial charge on any atom is 0.257 e. The highest BCUT2D eigenvalue weighted by Crippen LogP contribution is 2.33. The molecule has 0 aliphatic carbocycles. The zero-order valence-electron chi connectivity index (χ0n) is 15.8. The summed E-state index contributed by atoms with van der Waals surface area (Å²) in [4.78, 5) is 31.6. The predicted octanol–water partition coefficient (Wildman–Crippen LogP) is 3.48. The van der Waals surface area contributed by atoms with Gasteiger partial charge in [-0.15, -0.1) is 11.3 Å². The number of carbonyl (C=O) groups is 2. The number of thiophene rings is 1. The summed E-state index contributed by atoms with van der Waals surface area (Å²) in [6, 6.07) is 6.75. The number of likely N-dealkylation sites (tertiary alicyclic amines) is 2. The lowest BCUT2D eigenvalue weighted by Crippen LogP contribution is -2.51. The maximum atomic E-state index is 14.1. The van der Waals surface area contributed by atoms with Gasteiger partial charge in [0.15, 0.2) is 0 Å². The fourth-order valence-electron chi connectivity index (χ4n) is 4.28. The van der Waals surface area contributed by atoms with Gasteiger partial charge in [-0.3, -0.25) is 9.59 Å². The van der Waals surface area contributed by atoms with E-state index < -0.39 is 5.82 Å². The molecule has 0 unspecified atom stereocenters. The van der Waals surface area contributed by atoms with Gasteiger partial charge in [0.2, 0.25) is 5.91 Å². The van der Waals surface area contributed by atoms with Crippen LogP contribution < -0.4 is 0 Å². The number of amides is 2. The summed E-state index contributed by atoms with van der Waals surface area (Å²) in [5.74, 6) is -0.619. The molecule has 2 aliphatic rings. The van der Waals surface area contributed by atoms with Crippen molar-refractivity contribution in [2.24, 2.45) is 0 Å². The lowest BCUT2D eigenvalue weighted by molar-refractivity contribution is -0.132. The van der Waals surface area contributed by atoms with Gasteiger partial charge in [-0.1, -0.05) is 11.6 Å². The van der Waals surface area contributed by atoms with Gasteiger partial charge in [0.25, 0.3) is 5.91 Å². The first-order valence-electron chi connectivity index (χ1n) is 9.26. The van der Waals surface area contributed by atoms with Crippen molar-refractivity contribution in [1.82, 2.24) is 9.80 Å². The van der Waals surface area contributed by atoms with Crippen molar-refractivity contribution < 1.29 is 14.0 Å². The van der Waals surface area contributed by atoms with Crippen LogP contribution in [0.1, 0.15) is 37.7 Å². The first-order valence-corrected chi connectivity index (χ1v) is 10.1. The van der Waals surface area contributed by atoms with E-state index in [0.29, 0.717) is 19.5 Å². The Kier molecular flexibility index (Phi) is 4.54. The molecule has 3 heterocycles. The normalized spacial score (nSPS) is 21.2. The molecule has 0 saturated carbocycles. The molecule has 4 rings (SSSR count). The number of benzene rings is 1. The summed E-state index contributed by atoms with van der Waals surface area (Å²) in [5.41, 5.74) is 2.16. The molecule has 2 aliphatic heterocycles. The molecule has 2 bridgehead atoms. The van der Waals surface area contributed by atoms with Crippen molar-refractivity contribution in [3.63, 3.8) is 0 Å². The Bertz CT molecular complexity index is 923. The second-order valence-electron chi connectivity index (χ2n) is 7.67. The number of halogens is 1. The van der Waals surface area contributed by atoms with Crippen LogP contribution in [0, 0.1) is 26.6 Å². The van der Waals surface area contributed by atoms with E-state index in [2.05, 4.69) is 13.0 Å². The summed E-state index contributed by atoms with van der Waals surface area (Å²) >= 11 is 1.67. The minimum Gasteiger partial charge on any atom is -0.335 e. The van der Waals surface area contributed by atoms with Gasteiger partial charge in [0.05, 0.1) is 24.1 Å². The average Bonchev–Trinajstić information content (AvgIpc) is 3.30. The molecule has 6 heteroatoms. The van der Waals surface area contributed by atoms with Gasteiger partial charge in [0, 0.05) is 22.8 Å². The van der Waals surface area contributed by atoms with E-state index in [9.17, 15) is 14.0 Å². The van der Waals surface area contributed by atoms with Crippen LogP contribution in [0.4, 0.5) is 4.39 Å². The van der Waals surface area contributed by atoms with Gasteiger partial charge < -0.3 is 9.80 Å². The van der Waals surface area contributed by atoms with Crippen molar-refractivity contribution in [3.8, 4) is 0 Å². The van der Waals surface area contributed by atoms with E-state index in [1.54, 1.807) is 28.4 Å². The topological polar surface area (TPSA) is 40.6 Å². The van der Waals surface area contributed by atoms with Gasteiger partial charge in [-0.05, 0) is 51.0 Å². The molecule has 0 spiro atoms. The molecule has 1 aromatic carbocycles. The van der Waals surface area contributed by atoms with Crippen molar-refractivity contribution in [1.29, 1.82) is 0 Å². The summed E-state index contributed by atoms with van der Waals surface area (Å²) in [6.45, 7) is 6.98. The van der Waals surface area contributed by atoms with Crippen LogP contribution in [-0.4, -0.2) is 46.8 Å². The molecule has 27 heavy (non-hydrogen) atoms. The van der Waals surface area contributed by atoms with Crippen molar-refractivity contribution in [2.45, 2.75) is 45.7 Å². The lowest BCUT2D eigenvalue weighted by Gasteiger charge is -2.34. The minimum atomic E-state index is -0.482. The molecule has 0 radical (unpaired) electrons. The molecule has 2 atom stereocenters. The van der Waals surface area contributed by atoms with Crippen LogP contribution in [-0.2, 0) is 11.2 Å². The summed E-state index contributed by atoms with van der Waals surface area (Å²) in [6.07, 6.45) is 1.21. The maximum absolute atomic E-state index is 14.1. The molecule has 0 N–H and O–H groups in total. The third-order valence-electron chi connectivity index (χ3n) is 5.63. The highest BCUT2D eigenvalue weighted by atomic mass is 32.1. The molecule has 2 amide bonds. The Balaban J connectivity index is 1.44. The molecule has 142 valence electrons. The molecular weight excluding hydrogens is 363 g/mol. The zero-order valence-corrected chi connectivity index (χ0v) is 16.6. The molecular formula is C21H23FN2O2S. The van der Waals surface area contributed by atoms with Crippen molar-refractivity contribution >= 4 is 23.2 Å². The molecule has 2 fully saturated rings. The van der Waals surface area contributed by atoms with Gasteiger partial charge in [-0.25, -0.2) is 4.39 Å². The predicted molar refractivity (Wildman–Crippen MR) is 104 cm³/mol. The first kappa shape index (κ1) is 18.2. The number of carbonyl (C=O) groups excluding carboxylic acids is 2. The fraction of sp³-hybridized carbons (Fsp3) is 0.429. The number of hydrogen-bond donors (Lipinski definition) is 0. The lowest BCUT2D eigenvalue weighted by atomic mass is 10.1. The highest BCUT2D eigenvalue weighted by molar-refractivity contribution is 7.12. The first-order chi connectivity index (χ1) is 12.8. The Hall–Kier alpha value is -2.21. The number of piperazine rings is 1. The van der Waals surface area contributed by atoms with Crippen LogP contribution in [0.2, 0.25) is 0 Å². The zero-order chi connectivity index (χ0) is 19.3. The van der Waals surface area contributed by atoms with Gasteiger partial charge in [0.1, 0.15) is 5.82 Å². The summed E-state index contributed by atoms with van der Waals surface area (Å²) < 4.78 is 14.1. The van der Waals surface area contributed by atoms with E-state index in [1.165, 1.54) is 16.5 Å². The van der Waals surface area contributed by atoms with Gasteiger partial charge in [-0.2, -0.15) is 0 Å². The summed E-state index contributed by atoms with van der Waals surface area (Å²) in [7, 11) is 0. The number of hydrogen-bond acceptors (Lipinski definition) is 3. The van der Waals surface area contributed by atoms with E-state index in [4.69, 9.17) is 0 Å². The van der Waals surface area contributed by atoms with E-state index in [-0.39, 0.29) is 29.5 Å². The standard InChI is InChI=1S/C21H23FN2O2S/c1-12-4-5-18(22)17(6-12)21(26)24-11-15-8-16(24)10-23(15)20(25)9-19-13(2)7-14(3)27-19/h4-7,15-16H,8-11H2,1-3H3/t15-,16-/m0/s1.